The lowest BCUT2D eigenvalue weighted by Gasteiger charge is -1.91. The summed E-state index contributed by atoms with van der Waals surface area (Å²) >= 11 is 0. The van der Waals surface area contributed by atoms with E-state index >= 15 is 0 Å². The zero-order valence-electron chi connectivity index (χ0n) is 7.23. The largest absolute Gasteiger partial charge is 0.405 e. The molecule has 1 aromatic rings. The van der Waals surface area contributed by atoms with E-state index in [1.807, 2.05) is 18.2 Å². The van der Waals surface area contributed by atoms with Crippen LogP contribution in [0.1, 0.15) is 10.4 Å². The zero-order valence-corrected chi connectivity index (χ0v) is 7.23. The first-order valence-electron chi connectivity index (χ1n) is 3.91. The fourth-order valence-electron chi connectivity index (χ4n) is 1.05. The van der Waals surface area contributed by atoms with Gasteiger partial charge in [-0.1, -0.05) is 30.9 Å². The molecule has 0 fully saturated rings. The molecule has 0 unspecified atom stereocenters. The van der Waals surface area contributed by atoms with Crippen molar-refractivity contribution in [1.82, 2.24) is 0 Å². The number of carbonyl (C=O) groups excluding carboxylic acids is 1. The first-order chi connectivity index (χ1) is 6.29. The first-order valence-corrected chi connectivity index (χ1v) is 3.91. The maximum Gasteiger partial charge on any atom is 0.150 e. The van der Waals surface area contributed by atoms with Gasteiger partial charge in [-0.3, -0.25) is 4.79 Å². The van der Waals surface area contributed by atoms with Crippen molar-refractivity contribution in [3.05, 3.63) is 46.5 Å². The SMILES string of the molecule is C=c1c(C=O)ccc/c1=C/C=C\N. The van der Waals surface area contributed by atoms with Gasteiger partial charge in [0, 0.05) is 5.56 Å². The molecule has 13 heavy (non-hydrogen) atoms. The van der Waals surface area contributed by atoms with E-state index in [1.165, 1.54) is 6.20 Å². The molecule has 1 aromatic carbocycles. The van der Waals surface area contributed by atoms with Crippen LogP contribution >= 0.6 is 0 Å². The number of aldehydes is 1. The van der Waals surface area contributed by atoms with Gasteiger partial charge in [0.25, 0.3) is 0 Å². The number of allylic oxidation sites excluding steroid dienone is 1. The average Bonchev–Trinajstić information content (AvgIpc) is 2.16. The number of rotatable bonds is 2. The summed E-state index contributed by atoms with van der Waals surface area (Å²) < 4.78 is 0. The molecule has 0 saturated carbocycles. The van der Waals surface area contributed by atoms with Crippen LogP contribution in [0, 0.1) is 0 Å². The summed E-state index contributed by atoms with van der Waals surface area (Å²) in [6.45, 7) is 3.81. The van der Waals surface area contributed by atoms with Gasteiger partial charge in [0.2, 0.25) is 0 Å². The molecule has 2 heteroatoms. The molecule has 0 radical (unpaired) electrons. The highest BCUT2D eigenvalue weighted by Crippen LogP contribution is 1.81. The lowest BCUT2D eigenvalue weighted by atomic mass is 10.1. The second-order valence-corrected chi connectivity index (χ2v) is 2.58. The smallest absolute Gasteiger partial charge is 0.150 e. The molecule has 0 aromatic heterocycles. The Balaban J connectivity index is 3.40. The molecule has 0 atom stereocenters. The highest BCUT2D eigenvalue weighted by Gasteiger charge is 1.89. The predicted octanol–water partition coefficient (Wildman–Crippen LogP) is 0.162. The Hall–Kier alpha value is -1.83. The molecule has 0 bridgehead atoms. The van der Waals surface area contributed by atoms with Crippen LogP contribution < -0.4 is 16.2 Å². The van der Waals surface area contributed by atoms with Crippen molar-refractivity contribution >= 4 is 18.9 Å². The van der Waals surface area contributed by atoms with Crippen molar-refractivity contribution in [3.8, 4) is 0 Å². The van der Waals surface area contributed by atoms with Crippen LogP contribution in [-0.2, 0) is 0 Å². The maximum atomic E-state index is 10.6. The molecule has 2 nitrogen and oxygen atoms in total. The van der Waals surface area contributed by atoms with E-state index in [2.05, 4.69) is 6.58 Å². The molecule has 0 saturated heterocycles. The summed E-state index contributed by atoms with van der Waals surface area (Å²) in [6, 6.07) is 5.43. The summed E-state index contributed by atoms with van der Waals surface area (Å²) in [6.07, 6.45) is 5.76. The summed E-state index contributed by atoms with van der Waals surface area (Å²) in [4.78, 5) is 10.6. The molecule has 0 aliphatic rings. The Kier molecular flexibility index (Phi) is 3.03. The molecule has 0 spiro atoms. The Morgan fingerprint density at radius 2 is 2.15 bits per heavy atom. The second-order valence-electron chi connectivity index (χ2n) is 2.58. The highest BCUT2D eigenvalue weighted by atomic mass is 16.1. The topological polar surface area (TPSA) is 43.1 Å². The van der Waals surface area contributed by atoms with E-state index in [9.17, 15) is 4.79 Å². The van der Waals surface area contributed by atoms with Crippen LogP contribution in [0.2, 0.25) is 0 Å². The quantitative estimate of drug-likeness (QED) is 0.647. The van der Waals surface area contributed by atoms with Gasteiger partial charge in [-0.05, 0) is 22.7 Å². The Morgan fingerprint density at radius 1 is 1.38 bits per heavy atom. The van der Waals surface area contributed by atoms with Crippen LogP contribution in [0.15, 0.2) is 30.5 Å². The van der Waals surface area contributed by atoms with Gasteiger partial charge in [0.15, 0.2) is 6.29 Å². The third-order valence-electron chi connectivity index (χ3n) is 1.76. The number of benzene rings is 1. The molecule has 0 aliphatic heterocycles. The van der Waals surface area contributed by atoms with Crippen molar-refractivity contribution in [1.29, 1.82) is 0 Å². The summed E-state index contributed by atoms with van der Waals surface area (Å²) in [7, 11) is 0. The van der Waals surface area contributed by atoms with Crippen LogP contribution in [0.25, 0.3) is 12.7 Å². The van der Waals surface area contributed by atoms with Crippen LogP contribution in [0.5, 0.6) is 0 Å². The molecular formula is C11H11NO. The monoisotopic (exact) mass is 173 g/mol. The van der Waals surface area contributed by atoms with E-state index in [-0.39, 0.29) is 0 Å². The highest BCUT2D eigenvalue weighted by molar-refractivity contribution is 5.75. The number of hydrogen-bond donors (Lipinski definition) is 1. The fourth-order valence-corrected chi connectivity index (χ4v) is 1.05. The van der Waals surface area contributed by atoms with Crippen molar-refractivity contribution in [2.45, 2.75) is 0 Å². The first kappa shape index (κ1) is 9.26. The van der Waals surface area contributed by atoms with Gasteiger partial charge in [0.1, 0.15) is 0 Å². The number of nitrogens with two attached hydrogens (primary N) is 1. The van der Waals surface area contributed by atoms with Gasteiger partial charge >= 0.3 is 0 Å². The van der Waals surface area contributed by atoms with Gasteiger partial charge in [0.05, 0.1) is 0 Å². The lowest BCUT2D eigenvalue weighted by Crippen LogP contribution is -2.26. The molecule has 2 N–H and O–H groups in total. The van der Waals surface area contributed by atoms with E-state index in [1.54, 1.807) is 12.1 Å². The lowest BCUT2D eigenvalue weighted by molar-refractivity contribution is 0.112. The van der Waals surface area contributed by atoms with E-state index in [0.29, 0.717) is 5.56 Å². The molecule has 0 amide bonds. The number of carbonyl (C=O) groups is 1. The van der Waals surface area contributed by atoms with Crippen molar-refractivity contribution in [2.75, 3.05) is 0 Å². The van der Waals surface area contributed by atoms with Crippen LogP contribution in [0.4, 0.5) is 0 Å². The Labute approximate surface area is 76.7 Å². The minimum atomic E-state index is 0.610. The number of hydrogen-bond acceptors (Lipinski definition) is 2. The van der Waals surface area contributed by atoms with Gasteiger partial charge in [-0.15, -0.1) is 0 Å². The molecule has 0 aliphatic carbocycles. The average molecular weight is 173 g/mol. The summed E-state index contributed by atoms with van der Waals surface area (Å²) in [5, 5.41) is 1.64. The van der Waals surface area contributed by atoms with Gasteiger partial charge < -0.3 is 5.73 Å². The van der Waals surface area contributed by atoms with E-state index < -0.39 is 0 Å². The second kappa shape index (κ2) is 4.26. The summed E-state index contributed by atoms with van der Waals surface area (Å²) in [5.41, 5.74) is 5.81. The van der Waals surface area contributed by atoms with Gasteiger partial charge in [-0.2, -0.15) is 0 Å². The molecular weight excluding hydrogens is 162 g/mol. The van der Waals surface area contributed by atoms with Crippen molar-refractivity contribution in [2.24, 2.45) is 5.73 Å². The minimum Gasteiger partial charge on any atom is -0.405 e. The van der Waals surface area contributed by atoms with Crippen molar-refractivity contribution < 1.29 is 4.79 Å². The van der Waals surface area contributed by atoms with Crippen molar-refractivity contribution in [3.63, 3.8) is 0 Å². The minimum absolute atomic E-state index is 0.610. The van der Waals surface area contributed by atoms with E-state index in [4.69, 9.17) is 5.73 Å². The predicted molar refractivity (Wildman–Crippen MR) is 54.4 cm³/mol. The third-order valence-corrected chi connectivity index (χ3v) is 1.76. The third kappa shape index (κ3) is 2.06. The van der Waals surface area contributed by atoms with E-state index in [0.717, 1.165) is 16.7 Å². The fraction of sp³-hybridized carbons (Fsp3) is 0. The standard InChI is InChI=1S/C11H11NO/c1-9-10(6-3-7-12)4-2-5-11(9)8-13/h2-8H,1,12H2/b7-3-,10-6-. The Morgan fingerprint density at radius 3 is 2.77 bits per heavy atom. The van der Waals surface area contributed by atoms with Crippen LogP contribution in [0.3, 0.4) is 0 Å². The zero-order chi connectivity index (χ0) is 9.68. The Bertz CT molecular complexity index is 432. The summed E-state index contributed by atoms with van der Waals surface area (Å²) in [5.74, 6) is 0. The maximum absolute atomic E-state index is 10.6. The van der Waals surface area contributed by atoms with Gasteiger partial charge in [-0.25, -0.2) is 0 Å². The molecule has 1 rings (SSSR count). The normalized spacial score (nSPS) is 12.2. The van der Waals surface area contributed by atoms with Crippen LogP contribution in [-0.4, -0.2) is 6.29 Å². The molecule has 0 heterocycles. The molecule has 66 valence electrons.